The van der Waals surface area contributed by atoms with Gasteiger partial charge in [0.2, 0.25) is 0 Å². The number of nitrogens with zero attached hydrogens (tertiary/aromatic N) is 1. The predicted molar refractivity (Wildman–Crippen MR) is 57.9 cm³/mol. The maximum Gasteiger partial charge on any atom is 0.332 e. The molecule has 0 radical (unpaired) electrons. The second kappa shape index (κ2) is 5.47. The number of rotatable bonds is 5. The van der Waals surface area contributed by atoms with E-state index in [1.165, 1.54) is 0 Å². The van der Waals surface area contributed by atoms with E-state index >= 15 is 0 Å². The van der Waals surface area contributed by atoms with E-state index in [-0.39, 0.29) is 6.10 Å². The molecule has 1 heterocycles. The molecule has 3 atom stereocenters. The largest absolute Gasteiger partial charge is 0.479 e. The maximum absolute atomic E-state index is 10.7. The van der Waals surface area contributed by atoms with Crippen LogP contribution in [0.15, 0.2) is 0 Å². The lowest BCUT2D eigenvalue weighted by Gasteiger charge is -2.26. The van der Waals surface area contributed by atoms with Gasteiger partial charge in [-0.3, -0.25) is 0 Å². The Balaban J connectivity index is 2.32. The maximum atomic E-state index is 10.7. The van der Waals surface area contributed by atoms with Crippen LogP contribution in [0.2, 0.25) is 0 Å². The zero-order valence-electron chi connectivity index (χ0n) is 9.77. The number of ether oxygens (including phenoxy) is 1. The minimum atomic E-state index is -0.830. The first-order valence-corrected chi connectivity index (χ1v) is 5.63. The summed E-state index contributed by atoms with van der Waals surface area (Å²) in [7, 11) is 2.06. The molecule has 1 fully saturated rings. The van der Waals surface area contributed by atoms with E-state index < -0.39 is 12.1 Å². The van der Waals surface area contributed by atoms with Gasteiger partial charge in [0.25, 0.3) is 0 Å². The van der Waals surface area contributed by atoms with Crippen molar-refractivity contribution in [3.63, 3.8) is 0 Å². The van der Waals surface area contributed by atoms with Crippen LogP contribution in [0.3, 0.4) is 0 Å². The molecule has 0 aromatic rings. The number of carbonyl (C=O) groups is 1. The van der Waals surface area contributed by atoms with Gasteiger partial charge in [-0.1, -0.05) is 6.92 Å². The summed E-state index contributed by atoms with van der Waals surface area (Å²) < 4.78 is 5.45. The highest BCUT2D eigenvalue weighted by molar-refractivity contribution is 5.72. The molecule has 0 aromatic heterocycles. The van der Waals surface area contributed by atoms with E-state index in [1.54, 1.807) is 0 Å². The summed E-state index contributed by atoms with van der Waals surface area (Å²) >= 11 is 0. The predicted octanol–water partition coefficient (Wildman–Crippen LogP) is 1.35. The minimum Gasteiger partial charge on any atom is -0.479 e. The monoisotopic (exact) mass is 215 g/mol. The van der Waals surface area contributed by atoms with Gasteiger partial charge in [0.1, 0.15) is 0 Å². The Morgan fingerprint density at radius 2 is 2.27 bits per heavy atom. The summed E-state index contributed by atoms with van der Waals surface area (Å²) in [4.78, 5) is 12.9. The number of aliphatic carboxylic acids is 1. The second-order valence-electron chi connectivity index (χ2n) is 4.36. The highest BCUT2D eigenvalue weighted by Crippen LogP contribution is 2.21. The molecule has 15 heavy (non-hydrogen) atoms. The average molecular weight is 215 g/mol. The first-order chi connectivity index (χ1) is 7.04. The van der Waals surface area contributed by atoms with Crippen molar-refractivity contribution in [2.24, 2.45) is 0 Å². The van der Waals surface area contributed by atoms with Gasteiger partial charge < -0.3 is 14.7 Å². The summed E-state index contributed by atoms with van der Waals surface area (Å²) in [5.74, 6) is -0.830. The molecule has 88 valence electrons. The molecule has 0 amide bonds. The van der Waals surface area contributed by atoms with Crippen LogP contribution >= 0.6 is 0 Å². The van der Waals surface area contributed by atoms with Gasteiger partial charge in [0.05, 0.1) is 6.10 Å². The Hall–Kier alpha value is -0.610. The fourth-order valence-corrected chi connectivity index (χ4v) is 1.83. The lowest BCUT2D eigenvalue weighted by atomic mass is 10.1. The van der Waals surface area contributed by atoms with Crippen molar-refractivity contribution < 1.29 is 14.6 Å². The van der Waals surface area contributed by atoms with E-state index in [4.69, 9.17) is 9.84 Å². The third-order valence-electron chi connectivity index (χ3n) is 3.22. The molecule has 1 saturated heterocycles. The molecule has 1 N–H and O–H groups in total. The van der Waals surface area contributed by atoms with Crippen molar-refractivity contribution in [1.82, 2.24) is 4.90 Å². The van der Waals surface area contributed by atoms with Gasteiger partial charge in [0.15, 0.2) is 6.10 Å². The molecule has 0 bridgehead atoms. The first-order valence-electron chi connectivity index (χ1n) is 5.63. The highest BCUT2D eigenvalue weighted by atomic mass is 16.5. The van der Waals surface area contributed by atoms with Crippen LogP contribution in [-0.4, -0.2) is 47.8 Å². The quantitative estimate of drug-likeness (QED) is 0.752. The molecule has 1 rings (SSSR count). The second-order valence-corrected chi connectivity index (χ2v) is 4.36. The van der Waals surface area contributed by atoms with Crippen LogP contribution in [0.25, 0.3) is 0 Å². The lowest BCUT2D eigenvalue weighted by Crippen LogP contribution is -2.36. The molecule has 0 aromatic carbocycles. The van der Waals surface area contributed by atoms with Crippen LogP contribution in [-0.2, 0) is 9.53 Å². The normalized spacial score (nSPS) is 28.3. The summed E-state index contributed by atoms with van der Waals surface area (Å²) in [6.07, 6.45) is 2.11. The van der Waals surface area contributed by atoms with Gasteiger partial charge >= 0.3 is 5.97 Å². The molecular formula is C11H21NO3. The Bertz CT molecular complexity index is 220. The topological polar surface area (TPSA) is 49.8 Å². The number of hydrogen-bond acceptors (Lipinski definition) is 3. The highest BCUT2D eigenvalue weighted by Gasteiger charge is 2.31. The van der Waals surface area contributed by atoms with Gasteiger partial charge in [0, 0.05) is 12.6 Å². The van der Waals surface area contributed by atoms with Crippen LogP contribution in [0.1, 0.15) is 33.1 Å². The van der Waals surface area contributed by atoms with Crippen LogP contribution in [0.5, 0.6) is 0 Å². The molecular weight excluding hydrogens is 194 g/mol. The van der Waals surface area contributed by atoms with E-state index in [2.05, 4.69) is 25.8 Å². The lowest BCUT2D eigenvalue weighted by molar-refractivity contribution is -0.149. The van der Waals surface area contributed by atoms with Crippen molar-refractivity contribution in [3.05, 3.63) is 0 Å². The summed E-state index contributed by atoms with van der Waals surface area (Å²) in [6.45, 7) is 5.15. The molecule has 4 heteroatoms. The third-order valence-corrected chi connectivity index (χ3v) is 3.22. The van der Waals surface area contributed by atoms with Crippen LogP contribution in [0.4, 0.5) is 0 Å². The summed E-state index contributed by atoms with van der Waals surface area (Å²) in [5, 5.41) is 8.78. The summed E-state index contributed by atoms with van der Waals surface area (Å²) in [5.41, 5.74) is 0. The van der Waals surface area contributed by atoms with Crippen molar-refractivity contribution >= 4 is 5.97 Å². The smallest absolute Gasteiger partial charge is 0.332 e. The standard InChI is InChI=1S/C11H21NO3/c1-4-8(2)12(3)7-9-5-6-10(15-9)11(13)14/h8-10H,4-7H2,1-3H3,(H,13,14). The minimum absolute atomic E-state index is 0.0881. The Labute approximate surface area is 91.2 Å². The Morgan fingerprint density at radius 3 is 2.73 bits per heavy atom. The Morgan fingerprint density at radius 1 is 1.60 bits per heavy atom. The average Bonchev–Trinajstić information content (AvgIpc) is 2.65. The molecule has 1 aliphatic rings. The zero-order valence-corrected chi connectivity index (χ0v) is 9.77. The van der Waals surface area contributed by atoms with Gasteiger partial charge in [-0.2, -0.15) is 0 Å². The molecule has 1 aliphatic heterocycles. The number of carboxylic acids is 1. The van der Waals surface area contributed by atoms with Crippen molar-refractivity contribution in [2.75, 3.05) is 13.6 Å². The fraction of sp³-hybridized carbons (Fsp3) is 0.909. The van der Waals surface area contributed by atoms with E-state index in [0.717, 1.165) is 19.4 Å². The molecule has 0 saturated carbocycles. The first kappa shape index (κ1) is 12.5. The molecule has 4 nitrogen and oxygen atoms in total. The molecule has 0 spiro atoms. The molecule has 0 aliphatic carbocycles. The van der Waals surface area contributed by atoms with Crippen molar-refractivity contribution in [1.29, 1.82) is 0 Å². The summed E-state index contributed by atoms with van der Waals surface area (Å²) in [6, 6.07) is 0.525. The SMILES string of the molecule is CCC(C)N(C)CC1CCC(C(=O)O)O1. The van der Waals surface area contributed by atoms with Crippen LogP contribution in [0, 0.1) is 0 Å². The van der Waals surface area contributed by atoms with Gasteiger partial charge in [-0.05, 0) is 33.2 Å². The number of likely N-dealkylation sites (N-methyl/N-ethyl adjacent to an activating group) is 1. The van der Waals surface area contributed by atoms with E-state index in [0.29, 0.717) is 12.5 Å². The van der Waals surface area contributed by atoms with Crippen LogP contribution < -0.4 is 0 Å². The van der Waals surface area contributed by atoms with E-state index in [9.17, 15) is 4.79 Å². The molecule has 3 unspecified atom stereocenters. The van der Waals surface area contributed by atoms with Gasteiger partial charge in [-0.15, -0.1) is 0 Å². The number of hydrogen-bond donors (Lipinski definition) is 1. The fourth-order valence-electron chi connectivity index (χ4n) is 1.83. The third kappa shape index (κ3) is 3.47. The Kier molecular flexibility index (Phi) is 4.54. The van der Waals surface area contributed by atoms with E-state index in [1.807, 2.05) is 0 Å². The van der Waals surface area contributed by atoms with Gasteiger partial charge in [-0.25, -0.2) is 4.79 Å². The number of carboxylic acid groups (broad SMARTS) is 1. The van der Waals surface area contributed by atoms with Crippen molar-refractivity contribution in [2.45, 2.75) is 51.4 Å². The zero-order chi connectivity index (χ0) is 11.4. The van der Waals surface area contributed by atoms with Crippen molar-refractivity contribution in [3.8, 4) is 0 Å².